The van der Waals surface area contributed by atoms with E-state index in [0.29, 0.717) is 24.3 Å². The largest absolute Gasteiger partial charge is 0.497 e. The van der Waals surface area contributed by atoms with Gasteiger partial charge in [0.2, 0.25) is 11.8 Å². The van der Waals surface area contributed by atoms with Crippen molar-refractivity contribution in [2.45, 2.75) is 65.1 Å². The smallest absolute Gasteiger partial charge is 0.408 e. The van der Waals surface area contributed by atoms with Gasteiger partial charge in [-0.2, -0.15) is 0 Å². The lowest BCUT2D eigenvalue weighted by atomic mass is 10.0. The Morgan fingerprint density at radius 3 is 2.16 bits per heavy atom. The topological polar surface area (TPSA) is 106 Å². The summed E-state index contributed by atoms with van der Waals surface area (Å²) < 4.78 is 10.5. The predicted molar refractivity (Wildman–Crippen MR) is 145 cm³/mol. The molecule has 0 aromatic heterocycles. The molecular formula is C29H39N3O5. The van der Waals surface area contributed by atoms with Gasteiger partial charge >= 0.3 is 6.09 Å². The first kappa shape index (κ1) is 29.4. The Morgan fingerprint density at radius 2 is 1.59 bits per heavy atom. The molecule has 2 aromatic rings. The molecule has 0 fully saturated rings. The van der Waals surface area contributed by atoms with Crippen LogP contribution in [0.25, 0.3) is 0 Å². The number of ether oxygens (including phenoxy) is 2. The number of carbonyl (C=O) groups is 3. The van der Waals surface area contributed by atoms with Crippen molar-refractivity contribution in [1.82, 2.24) is 10.6 Å². The van der Waals surface area contributed by atoms with Gasteiger partial charge in [0.05, 0.1) is 7.11 Å². The molecule has 200 valence electrons. The van der Waals surface area contributed by atoms with E-state index in [9.17, 15) is 14.4 Å². The molecule has 2 aromatic carbocycles. The molecule has 8 nitrogen and oxygen atoms in total. The van der Waals surface area contributed by atoms with Gasteiger partial charge in [-0.25, -0.2) is 4.79 Å². The van der Waals surface area contributed by atoms with Crippen LogP contribution >= 0.6 is 0 Å². The van der Waals surface area contributed by atoms with Crippen LogP contribution < -0.4 is 20.7 Å². The molecular weight excluding hydrogens is 470 g/mol. The van der Waals surface area contributed by atoms with Crippen molar-refractivity contribution in [3.8, 4) is 5.75 Å². The summed E-state index contributed by atoms with van der Waals surface area (Å²) in [7, 11) is 1.58. The lowest BCUT2D eigenvalue weighted by Gasteiger charge is -2.26. The Morgan fingerprint density at radius 1 is 0.946 bits per heavy atom. The monoisotopic (exact) mass is 509 g/mol. The van der Waals surface area contributed by atoms with E-state index in [1.807, 2.05) is 44.2 Å². The normalized spacial score (nSPS) is 13.1. The van der Waals surface area contributed by atoms with Crippen LogP contribution in [0.2, 0.25) is 0 Å². The first-order chi connectivity index (χ1) is 17.5. The number of carbonyl (C=O) groups excluding carboxylic acids is 3. The number of alkyl carbamates (subject to hydrolysis) is 1. The maximum absolute atomic E-state index is 13.2. The van der Waals surface area contributed by atoms with E-state index < -0.39 is 23.8 Å². The molecule has 2 rings (SSSR count). The SMILES string of the molecule is COc1ccc(NC(=O)C=CC(CCc2ccccc2)NC(=O)C(NC(=O)OC(C)(C)C)C(C)C)cc1. The summed E-state index contributed by atoms with van der Waals surface area (Å²) in [5.41, 5.74) is 1.06. The molecule has 3 N–H and O–H groups in total. The number of nitrogens with one attached hydrogen (secondary N) is 3. The second-order valence-electron chi connectivity index (χ2n) is 10.1. The van der Waals surface area contributed by atoms with Gasteiger partial charge in [-0.3, -0.25) is 9.59 Å². The Labute approximate surface area is 219 Å². The second kappa shape index (κ2) is 14.1. The van der Waals surface area contributed by atoms with Crippen LogP contribution in [0.5, 0.6) is 5.75 Å². The number of aryl methyl sites for hydroxylation is 1. The zero-order valence-electron chi connectivity index (χ0n) is 22.5. The summed E-state index contributed by atoms with van der Waals surface area (Å²) >= 11 is 0. The second-order valence-corrected chi connectivity index (χ2v) is 10.1. The van der Waals surface area contributed by atoms with Crippen LogP contribution in [0, 0.1) is 5.92 Å². The summed E-state index contributed by atoms with van der Waals surface area (Å²) in [6.45, 7) is 8.98. The van der Waals surface area contributed by atoms with Crippen molar-refractivity contribution in [1.29, 1.82) is 0 Å². The fraction of sp³-hybridized carbons (Fsp3) is 0.414. The first-order valence-corrected chi connectivity index (χ1v) is 12.4. The molecule has 0 saturated carbocycles. The molecule has 2 unspecified atom stereocenters. The highest BCUT2D eigenvalue weighted by molar-refractivity contribution is 5.99. The molecule has 3 amide bonds. The molecule has 0 heterocycles. The average Bonchev–Trinajstić information content (AvgIpc) is 2.84. The summed E-state index contributed by atoms with van der Waals surface area (Å²) in [5, 5.41) is 8.45. The minimum absolute atomic E-state index is 0.176. The van der Waals surface area contributed by atoms with E-state index in [-0.39, 0.29) is 17.7 Å². The lowest BCUT2D eigenvalue weighted by Crippen LogP contribution is -2.52. The van der Waals surface area contributed by atoms with Gasteiger partial charge in [-0.15, -0.1) is 0 Å². The fourth-order valence-electron chi connectivity index (χ4n) is 3.49. The van der Waals surface area contributed by atoms with Crippen LogP contribution in [0.4, 0.5) is 10.5 Å². The van der Waals surface area contributed by atoms with E-state index in [4.69, 9.17) is 9.47 Å². The third-order valence-corrected chi connectivity index (χ3v) is 5.37. The molecule has 2 atom stereocenters. The van der Waals surface area contributed by atoms with E-state index >= 15 is 0 Å². The molecule has 0 bridgehead atoms. The third-order valence-electron chi connectivity index (χ3n) is 5.37. The van der Waals surface area contributed by atoms with Crippen LogP contribution in [-0.4, -0.2) is 42.7 Å². The molecule has 37 heavy (non-hydrogen) atoms. The Balaban J connectivity index is 2.11. The zero-order valence-corrected chi connectivity index (χ0v) is 22.5. The minimum Gasteiger partial charge on any atom is -0.497 e. The van der Waals surface area contributed by atoms with E-state index in [2.05, 4.69) is 16.0 Å². The Kier molecular flexibility index (Phi) is 11.2. The van der Waals surface area contributed by atoms with Gasteiger partial charge in [-0.05, 0) is 69.4 Å². The van der Waals surface area contributed by atoms with E-state index in [0.717, 1.165) is 5.56 Å². The lowest BCUT2D eigenvalue weighted by molar-refractivity contribution is -0.124. The molecule has 0 aliphatic carbocycles. The highest BCUT2D eigenvalue weighted by Gasteiger charge is 2.28. The van der Waals surface area contributed by atoms with Crippen LogP contribution in [0.15, 0.2) is 66.7 Å². The quantitative estimate of drug-likeness (QED) is 0.375. The van der Waals surface area contributed by atoms with Gasteiger partial charge in [0.1, 0.15) is 17.4 Å². The maximum atomic E-state index is 13.2. The molecule has 0 radical (unpaired) electrons. The maximum Gasteiger partial charge on any atom is 0.408 e. The Bertz CT molecular complexity index is 1040. The zero-order chi connectivity index (χ0) is 27.4. The summed E-state index contributed by atoms with van der Waals surface area (Å²) in [6, 6.07) is 15.7. The van der Waals surface area contributed by atoms with Gasteiger partial charge in [-0.1, -0.05) is 50.3 Å². The van der Waals surface area contributed by atoms with Crippen molar-refractivity contribution >= 4 is 23.6 Å². The van der Waals surface area contributed by atoms with Gasteiger partial charge in [0, 0.05) is 17.8 Å². The molecule has 0 aliphatic heterocycles. The number of benzene rings is 2. The Hall–Kier alpha value is -3.81. The van der Waals surface area contributed by atoms with Crippen LogP contribution in [0.1, 0.15) is 46.6 Å². The highest BCUT2D eigenvalue weighted by Crippen LogP contribution is 2.15. The first-order valence-electron chi connectivity index (χ1n) is 12.4. The summed E-state index contributed by atoms with van der Waals surface area (Å²) in [5.74, 6) is -0.155. The van der Waals surface area contributed by atoms with Crippen molar-refractivity contribution in [3.05, 3.63) is 72.3 Å². The van der Waals surface area contributed by atoms with E-state index in [1.165, 1.54) is 6.08 Å². The number of hydrogen-bond acceptors (Lipinski definition) is 5. The standard InChI is InChI=1S/C29H39N3O5/c1-20(2)26(32-28(35)37-29(3,4)5)27(34)31-23(13-12-21-10-8-7-9-11-21)16-19-25(33)30-22-14-17-24(36-6)18-15-22/h7-11,14-20,23,26H,12-13H2,1-6H3,(H,30,33)(H,31,34)(H,32,35). The van der Waals surface area contributed by atoms with Crippen LogP contribution in [-0.2, 0) is 20.7 Å². The van der Waals surface area contributed by atoms with Crippen LogP contribution in [0.3, 0.4) is 0 Å². The number of rotatable bonds is 11. The van der Waals surface area contributed by atoms with Gasteiger partial charge in [0.15, 0.2) is 0 Å². The molecule has 0 spiro atoms. The van der Waals surface area contributed by atoms with Gasteiger partial charge in [0.25, 0.3) is 0 Å². The number of amides is 3. The highest BCUT2D eigenvalue weighted by atomic mass is 16.6. The number of anilines is 1. The minimum atomic E-state index is -0.796. The molecule has 0 aliphatic rings. The molecule has 8 heteroatoms. The molecule has 0 saturated heterocycles. The van der Waals surface area contributed by atoms with Crippen molar-refractivity contribution < 1.29 is 23.9 Å². The van der Waals surface area contributed by atoms with Crippen molar-refractivity contribution in [2.75, 3.05) is 12.4 Å². The number of hydrogen-bond donors (Lipinski definition) is 3. The summed E-state index contributed by atoms with van der Waals surface area (Å²) in [6.07, 6.45) is 3.69. The van der Waals surface area contributed by atoms with Crippen molar-refractivity contribution in [3.63, 3.8) is 0 Å². The number of methoxy groups -OCH3 is 1. The summed E-state index contributed by atoms with van der Waals surface area (Å²) in [4.78, 5) is 38.0. The van der Waals surface area contributed by atoms with Gasteiger partial charge < -0.3 is 25.4 Å². The van der Waals surface area contributed by atoms with E-state index in [1.54, 1.807) is 58.2 Å². The third kappa shape index (κ3) is 11.2. The average molecular weight is 510 g/mol. The predicted octanol–water partition coefficient (Wildman–Crippen LogP) is 4.86. The fourth-order valence-corrected chi connectivity index (χ4v) is 3.49. The van der Waals surface area contributed by atoms with Crippen molar-refractivity contribution in [2.24, 2.45) is 5.92 Å².